The summed E-state index contributed by atoms with van der Waals surface area (Å²) in [6.07, 6.45) is -9.88. The number of benzene rings is 7. The molecule has 262 valence electrons. The van der Waals surface area contributed by atoms with E-state index in [-0.39, 0.29) is 5.82 Å². The van der Waals surface area contributed by atoms with E-state index in [1.807, 2.05) is 83.4 Å². The second kappa shape index (κ2) is 11.4. The van der Waals surface area contributed by atoms with E-state index in [4.69, 9.17) is 4.98 Å². The van der Waals surface area contributed by atoms with Gasteiger partial charge in [0.25, 0.3) is 0 Å². The minimum absolute atomic E-state index is 0.238. The van der Waals surface area contributed by atoms with E-state index in [1.165, 1.54) is 0 Å². The Bertz CT molecular complexity index is 3100. The summed E-state index contributed by atoms with van der Waals surface area (Å²) < 4.78 is 89.7. The number of para-hydroxylation sites is 3. The lowest BCUT2D eigenvalue weighted by molar-refractivity contribution is -0.141. The van der Waals surface area contributed by atoms with Crippen LogP contribution in [-0.2, 0) is 12.4 Å². The molecule has 0 aliphatic carbocycles. The molecule has 10 rings (SSSR count). The Morgan fingerprint density at radius 3 is 1.65 bits per heavy atom. The molecular weight excluding hydrogens is 698 g/mol. The minimum atomic E-state index is -4.98. The van der Waals surface area contributed by atoms with Crippen molar-refractivity contribution < 1.29 is 26.3 Å². The predicted octanol–water partition coefficient (Wildman–Crippen LogP) is 12.7. The molecule has 0 unspecified atom stereocenters. The fourth-order valence-electron chi connectivity index (χ4n) is 7.82. The van der Waals surface area contributed by atoms with Crippen LogP contribution in [0.1, 0.15) is 11.1 Å². The number of hydrogen-bond acceptors (Lipinski definition) is 2. The topological polar surface area (TPSA) is 35.6 Å². The normalized spacial score (nSPS) is 12.6. The number of fused-ring (bicyclic) bond motifs is 9. The molecule has 3 aromatic heterocycles. The maximum atomic E-state index is 14.5. The van der Waals surface area contributed by atoms with Gasteiger partial charge in [0.1, 0.15) is 5.82 Å². The SMILES string of the molecule is FC(F)(F)c1ccc(C(F)(F)F)c(-c2nc(-n3c4ccccc4c4cc(-n5c6ccccc6c6ccccc65)ccc43)c3ccc4ccccc4c3n2)c1. The van der Waals surface area contributed by atoms with Crippen molar-refractivity contribution in [2.75, 3.05) is 0 Å². The summed E-state index contributed by atoms with van der Waals surface area (Å²) in [4.78, 5) is 9.36. The van der Waals surface area contributed by atoms with Gasteiger partial charge >= 0.3 is 12.4 Å². The molecule has 0 atom stereocenters. The van der Waals surface area contributed by atoms with Crippen LogP contribution < -0.4 is 0 Å². The Kier molecular flexibility index (Phi) is 6.76. The second-order valence-electron chi connectivity index (χ2n) is 13.2. The largest absolute Gasteiger partial charge is 0.417 e. The lowest BCUT2D eigenvalue weighted by atomic mass is 10.0. The van der Waals surface area contributed by atoms with Gasteiger partial charge in [-0.05, 0) is 66.0 Å². The number of halogens is 6. The van der Waals surface area contributed by atoms with Gasteiger partial charge in [-0.2, -0.15) is 26.3 Å². The van der Waals surface area contributed by atoms with Crippen LogP contribution in [0.3, 0.4) is 0 Å². The van der Waals surface area contributed by atoms with E-state index in [0.717, 1.165) is 43.7 Å². The summed E-state index contributed by atoms with van der Waals surface area (Å²) in [5.74, 6) is -0.234. The van der Waals surface area contributed by atoms with Gasteiger partial charge in [-0.1, -0.05) is 84.9 Å². The molecule has 0 fully saturated rings. The first-order chi connectivity index (χ1) is 26.1. The summed E-state index contributed by atoms with van der Waals surface area (Å²) in [6, 6.07) is 42.3. The van der Waals surface area contributed by atoms with Crippen LogP contribution in [0.4, 0.5) is 26.3 Å². The highest BCUT2D eigenvalue weighted by Gasteiger charge is 2.38. The van der Waals surface area contributed by atoms with Crippen LogP contribution in [0.5, 0.6) is 0 Å². The van der Waals surface area contributed by atoms with E-state index in [2.05, 4.69) is 39.9 Å². The summed E-state index contributed by atoms with van der Waals surface area (Å²) in [7, 11) is 0. The van der Waals surface area contributed by atoms with Crippen LogP contribution in [0.15, 0.2) is 146 Å². The van der Waals surface area contributed by atoms with Crippen LogP contribution in [-0.4, -0.2) is 19.1 Å². The Morgan fingerprint density at radius 1 is 0.426 bits per heavy atom. The van der Waals surface area contributed by atoms with Crippen LogP contribution in [0.25, 0.3) is 88.2 Å². The Balaban J connectivity index is 1.31. The average molecular weight is 723 g/mol. The average Bonchev–Trinajstić information content (AvgIpc) is 3.69. The van der Waals surface area contributed by atoms with E-state index in [1.54, 1.807) is 18.2 Å². The third kappa shape index (κ3) is 4.79. The molecule has 7 aromatic carbocycles. The number of nitrogens with zero attached hydrogens (tertiary/aromatic N) is 4. The molecule has 0 N–H and O–H groups in total. The van der Waals surface area contributed by atoms with Gasteiger partial charge in [0, 0.05) is 43.6 Å². The Hall–Kier alpha value is -6.68. The van der Waals surface area contributed by atoms with Crippen molar-refractivity contribution in [3.8, 4) is 22.9 Å². The Morgan fingerprint density at radius 2 is 1.00 bits per heavy atom. The molecule has 0 spiro atoms. The zero-order chi connectivity index (χ0) is 36.9. The molecule has 10 heteroatoms. The molecule has 0 saturated carbocycles. The molecule has 0 aliphatic rings. The predicted molar refractivity (Wildman–Crippen MR) is 201 cm³/mol. The Labute approximate surface area is 302 Å². The monoisotopic (exact) mass is 722 g/mol. The van der Waals surface area contributed by atoms with Crippen molar-refractivity contribution >= 4 is 65.3 Å². The third-order valence-corrected chi connectivity index (χ3v) is 10.2. The van der Waals surface area contributed by atoms with Crippen LogP contribution >= 0.6 is 0 Å². The van der Waals surface area contributed by atoms with E-state index in [0.29, 0.717) is 45.5 Å². The van der Waals surface area contributed by atoms with Crippen molar-refractivity contribution in [2.45, 2.75) is 12.4 Å². The zero-order valence-electron chi connectivity index (χ0n) is 27.9. The van der Waals surface area contributed by atoms with Gasteiger partial charge in [0.2, 0.25) is 0 Å². The number of hydrogen-bond donors (Lipinski definition) is 0. The highest BCUT2D eigenvalue weighted by atomic mass is 19.4. The lowest BCUT2D eigenvalue weighted by Gasteiger charge is -2.18. The first-order valence-corrected chi connectivity index (χ1v) is 17.1. The van der Waals surface area contributed by atoms with E-state index in [9.17, 15) is 26.3 Å². The molecule has 0 radical (unpaired) electrons. The molecule has 54 heavy (non-hydrogen) atoms. The van der Waals surface area contributed by atoms with E-state index < -0.39 is 34.9 Å². The van der Waals surface area contributed by atoms with Gasteiger partial charge in [0.05, 0.1) is 38.7 Å². The second-order valence-corrected chi connectivity index (χ2v) is 13.2. The van der Waals surface area contributed by atoms with E-state index >= 15 is 0 Å². The summed E-state index contributed by atoms with van der Waals surface area (Å²) in [6.45, 7) is 0. The quantitative estimate of drug-likeness (QED) is 0.134. The van der Waals surface area contributed by atoms with Crippen molar-refractivity contribution in [3.05, 3.63) is 157 Å². The maximum absolute atomic E-state index is 14.5. The molecule has 10 aromatic rings. The van der Waals surface area contributed by atoms with Crippen LogP contribution in [0.2, 0.25) is 0 Å². The summed E-state index contributed by atoms with van der Waals surface area (Å²) in [5.41, 5.74) is 1.44. The van der Waals surface area contributed by atoms with Crippen molar-refractivity contribution in [1.82, 2.24) is 19.1 Å². The smallest absolute Gasteiger partial charge is 0.309 e. The zero-order valence-corrected chi connectivity index (χ0v) is 27.9. The standard InChI is InChI=1S/C44H24F6N4/c45-43(46,47)26-18-21-35(44(48,49)50)34(23-26)41-51-40-28-10-2-1-9-25(28)17-20-32(40)42(52-41)54-38-16-8-5-13-31(38)33-24-27(19-22-39(33)54)53-36-14-6-3-11-29(36)30-12-4-7-15-37(30)53/h1-24H. The number of rotatable bonds is 3. The van der Waals surface area contributed by atoms with Crippen LogP contribution in [0, 0.1) is 0 Å². The van der Waals surface area contributed by atoms with Gasteiger partial charge in [-0.3, -0.25) is 4.57 Å². The highest BCUT2D eigenvalue weighted by Crippen LogP contribution is 2.43. The molecule has 0 aliphatic heterocycles. The molecule has 0 bridgehead atoms. The summed E-state index contributed by atoms with van der Waals surface area (Å²) >= 11 is 0. The fourth-order valence-corrected chi connectivity index (χ4v) is 7.82. The molecule has 3 heterocycles. The van der Waals surface area contributed by atoms with Gasteiger partial charge in [0.15, 0.2) is 5.82 Å². The first kappa shape index (κ1) is 32.0. The summed E-state index contributed by atoms with van der Waals surface area (Å²) in [5, 5.41) is 5.83. The highest BCUT2D eigenvalue weighted by molar-refractivity contribution is 6.14. The minimum Gasteiger partial charge on any atom is -0.309 e. The molecular formula is C44H24F6N4. The molecule has 0 amide bonds. The van der Waals surface area contributed by atoms with Gasteiger partial charge in [-0.15, -0.1) is 0 Å². The van der Waals surface area contributed by atoms with Gasteiger partial charge < -0.3 is 4.57 Å². The molecule has 0 saturated heterocycles. The lowest BCUT2D eigenvalue weighted by Crippen LogP contribution is -2.12. The van der Waals surface area contributed by atoms with Crippen molar-refractivity contribution in [2.24, 2.45) is 0 Å². The van der Waals surface area contributed by atoms with Crippen molar-refractivity contribution in [3.63, 3.8) is 0 Å². The number of alkyl halides is 6. The fraction of sp³-hybridized carbons (Fsp3) is 0.0455. The maximum Gasteiger partial charge on any atom is 0.417 e. The number of aromatic nitrogens is 4. The molecule has 4 nitrogen and oxygen atoms in total. The first-order valence-electron chi connectivity index (χ1n) is 17.1. The van der Waals surface area contributed by atoms with Gasteiger partial charge in [-0.25, -0.2) is 9.97 Å². The third-order valence-electron chi connectivity index (χ3n) is 10.2. The van der Waals surface area contributed by atoms with Crippen molar-refractivity contribution in [1.29, 1.82) is 0 Å².